The van der Waals surface area contributed by atoms with Gasteiger partial charge in [-0.15, -0.1) is 0 Å². The van der Waals surface area contributed by atoms with Crippen LogP contribution >= 0.6 is 0 Å². The molecule has 0 aliphatic carbocycles. The third-order valence-electron chi connectivity index (χ3n) is 3.85. The normalized spacial score (nSPS) is 23.5. The van der Waals surface area contributed by atoms with Gasteiger partial charge in [0.1, 0.15) is 5.76 Å². The molecule has 1 fully saturated rings. The maximum absolute atomic E-state index is 12.2. The van der Waals surface area contributed by atoms with Crippen LogP contribution in [-0.2, 0) is 21.5 Å². The number of likely N-dealkylation sites (tertiary alicyclic amines) is 1. The second kappa shape index (κ2) is 6.15. The zero-order chi connectivity index (χ0) is 15.6. The molecule has 2 heterocycles. The predicted molar refractivity (Wildman–Crippen MR) is 78.9 cm³/mol. The van der Waals surface area contributed by atoms with Gasteiger partial charge in [0.2, 0.25) is 11.8 Å². The first-order chi connectivity index (χ1) is 9.81. The lowest BCUT2D eigenvalue weighted by Gasteiger charge is -2.17. The standard InChI is InChI=1S/C15H25N3O3/c1-15(2,3)12-7-16-13(21-12)8-17-14(19)11-6-10(20-5)9-18(11)4/h7,10-11H,6,8-9H2,1-5H3,(H,17,19)/t10-,11-/m0/s1. The van der Waals surface area contributed by atoms with Gasteiger partial charge in [0.05, 0.1) is 24.9 Å². The van der Waals surface area contributed by atoms with Crippen LogP contribution in [0.15, 0.2) is 10.6 Å². The average molecular weight is 295 g/mol. The summed E-state index contributed by atoms with van der Waals surface area (Å²) in [7, 11) is 3.62. The summed E-state index contributed by atoms with van der Waals surface area (Å²) in [6.45, 7) is 7.29. The Labute approximate surface area is 125 Å². The van der Waals surface area contributed by atoms with E-state index in [4.69, 9.17) is 9.15 Å². The molecule has 0 radical (unpaired) electrons. The molecule has 6 nitrogen and oxygen atoms in total. The van der Waals surface area contributed by atoms with Crippen molar-refractivity contribution in [2.45, 2.75) is 51.3 Å². The molecule has 1 aliphatic heterocycles. The van der Waals surface area contributed by atoms with Crippen LogP contribution in [0.25, 0.3) is 0 Å². The number of amides is 1. The molecule has 118 valence electrons. The van der Waals surface area contributed by atoms with Crippen LogP contribution in [0.3, 0.4) is 0 Å². The number of carbonyl (C=O) groups excluding carboxylic acids is 1. The third kappa shape index (κ3) is 3.83. The summed E-state index contributed by atoms with van der Waals surface area (Å²) >= 11 is 0. The van der Waals surface area contributed by atoms with E-state index in [-0.39, 0.29) is 23.5 Å². The zero-order valence-electron chi connectivity index (χ0n) is 13.5. The molecule has 6 heteroatoms. The highest BCUT2D eigenvalue weighted by molar-refractivity contribution is 5.82. The second-order valence-corrected chi connectivity index (χ2v) is 6.63. The van der Waals surface area contributed by atoms with Crippen molar-refractivity contribution < 1.29 is 13.9 Å². The van der Waals surface area contributed by atoms with Crippen molar-refractivity contribution in [2.24, 2.45) is 0 Å². The van der Waals surface area contributed by atoms with Crippen LogP contribution in [0, 0.1) is 0 Å². The fourth-order valence-electron chi connectivity index (χ4n) is 2.45. The number of oxazole rings is 1. The van der Waals surface area contributed by atoms with Crippen LogP contribution in [0.5, 0.6) is 0 Å². The highest BCUT2D eigenvalue weighted by atomic mass is 16.5. The summed E-state index contributed by atoms with van der Waals surface area (Å²) in [5, 5.41) is 2.89. The van der Waals surface area contributed by atoms with E-state index in [1.807, 2.05) is 11.9 Å². The number of nitrogens with zero attached hydrogens (tertiary/aromatic N) is 2. The van der Waals surface area contributed by atoms with Gasteiger partial charge < -0.3 is 14.5 Å². The number of rotatable bonds is 4. The Bertz CT molecular complexity index is 493. The van der Waals surface area contributed by atoms with Crippen molar-refractivity contribution in [3.63, 3.8) is 0 Å². The number of aromatic nitrogens is 1. The Morgan fingerprint density at radius 2 is 2.29 bits per heavy atom. The molecule has 0 bridgehead atoms. The quantitative estimate of drug-likeness (QED) is 0.907. The number of ether oxygens (including phenoxy) is 1. The monoisotopic (exact) mass is 295 g/mol. The van der Waals surface area contributed by atoms with Crippen molar-refractivity contribution in [1.82, 2.24) is 15.2 Å². The lowest BCUT2D eigenvalue weighted by atomic mass is 9.94. The second-order valence-electron chi connectivity index (χ2n) is 6.63. The maximum atomic E-state index is 12.2. The number of methoxy groups -OCH3 is 1. The van der Waals surface area contributed by atoms with E-state index < -0.39 is 0 Å². The first-order valence-corrected chi connectivity index (χ1v) is 7.27. The summed E-state index contributed by atoms with van der Waals surface area (Å²) in [5.74, 6) is 1.36. The topological polar surface area (TPSA) is 67.6 Å². The van der Waals surface area contributed by atoms with Gasteiger partial charge >= 0.3 is 0 Å². The minimum absolute atomic E-state index is 0.00689. The maximum Gasteiger partial charge on any atom is 0.237 e. The van der Waals surface area contributed by atoms with E-state index in [0.717, 1.165) is 18.7 Å². The summed E-state index contributed by atoms with van der Waals surface area (Å²) in [5.41, 5.74) is -0.0768. The molecule has 0 aromatic carbocycles. The van der Waals surface area contributed by atoms with Gasteiger partial charge in [-0.2, -0.15) is 0 Å². The van der Waals surface area contributed by atoms with E-state index >= 15 is 0 Å². The lowest BCUT2D eigenvalue weighted by molar-refractivity contribution is -0.125. The molecule has 0 saturated carbocycles. The van der Waals surface area contributed by atoms with Crippen LogP contribution < -0.4 is 5.32 Å². The summed E-state index contributed by atoms with van der Waals surface area (Å²) in [6.07, 6.45) is 2.57. The van der Waals surface area contributed by atoms with Crippen LogP contribution in [0.2, 0.25) is 0 Å². The molecule has 2 atom stereocenters. The molecule has 0 spiro atoms. The van der Waals surface area contributed by atoms with Gasteiger partial charge in [-0.3, -0.25) is 9.69 Å². The number of nitrogens with one attached hydrogen (secondary N) is 1. The molecule has 1 aromatic rings. The van der Waals surface area contributed by atoms with E-state index in [1.54, 1.807) is 13.3 Å². The predicted octanol–water partition coefficient (Wildman–Crippen LogP) is 1.31. The summed E-state index contributed by atoms with van der Waals surface area (Å²) < 4.78 is 11.0. The number of hydrogen-bond acceptors (Lipinski definition) is 5. The van der Waals surface area contributed by atoms with Gasteiger partial charge in [-0.05, 0) is 13.5 Å². The number of carbonyl (C=O) groups is 1. The zero-order valence-corrected chi connectivity index (χ0v) is 13.5. The molecule has 1 N–H and O–H groups in total. The third-order valence-corrected chi connectivity index (χ3v) is 3.85. The summed E-state index contributed by atoms with van der Waals surface area (Å²) in [6, 6.07) is -0.146. The van der Waals surface area contributed by atoms with Gasteiger partial charge in [-0.25, -0.2) is 4.98 Å². The Hall–Kier alpha value is -1.40. The highest BCUT2D eigenvalue weighted by Crippen LogP contribution is 2.22. The first kappa shape index (κ1) is 16.0. The fraction of sp³-hybridized carbons (Fsp3) is 0.733. The van der Waals surface area contributed by atoms with Gasteiger partial charge in [-0.1, -0.05) is 20.8 Å². The molecule has 21 heavy (non-hydrogen) atoms. The Morgan fingerprint density at radius 1 is 1.57 bits per heavy atom. The molecular weight excluding hydrogens is 270 g/mol. The molecule has 1 saturated heterocycles. The molecule has 1 amide bonds. The number of likely N-dealkylation sites (N-methyl/N-ethyl adjacent to an activating group) is 1. The fourth-order valence-corrected chi connectivity index (χ4v) is 2.45. The highest BCUT2D eigenvalue weighted by Gasteiger charge is 2.34. The summed E-state index contributed by atoms with van der Waals surface area (Å²) in [4.78, 5) is 18.4. The van der Waals surface area contributed by atoms with Gasteiger partial charge in [0.15, 0.2) is 0 Å². The van der Waals surface area contributed by atoms with Crippen molar-refractivity contribution >= 4 is 5.91 Å². The van der Waals surface area contributed by atoms with E-state index in [9.17, 15) is 4.79 Å². The van der Waals surface area contributed by atoms with Crippen molar-refractivity contribution in [2.75, 3.05) is 20.7 Å². The van der Waals surface area contributed by atoms with Crippen LogP contribution in [-0.4, -0.2) is 48.6 Å². The first-order valence-electron chi connectivity index (χ1n) is 7.27. The van der Waals surface area contributed by atoms with E-state index in [2.05, 4.69) is 31.1 Å². The number of hydrogen-bond donors (Lipinski definition) is 1. The molecule has 0 unspecified atom stereocenters. The molecule has 2 rings (SSSR count). The van der Waals surface area contributed by atoms with Crippen molar-refractivity contribution in [1.29, 1.82) is 0 Å². The van der Waals surface area contributed by atoms with E-state index in [0.29, 0.717) is 12.4 Å². The van der Waals surface area contributed by atoms with Gasteiger partial charge in [0, 0.05) is 19.1 Å². The van der Waals surface area contributed by atoms with Crippen LogP contribution in [0.4, 0.5) is 0 Å². The largest absolute Gasteiger partial charge is 0.443 e. The Balaban J connectivity index is 1.88. The average Bonchev–Trinajstić information content (AvgIpc) is 3.01. The Kier molecular flexibility index (Phi) is 4.68. The lowest BCUT2D eigenvalue weighted by Crippen LogP contribution is -2.41. The smallest absolute Gasteiger partial charge is 0.237 e. The van der Waals surface area contributed by atoms with Crippen molar-refractivity contribution in [3.05, 3.63) is 17.8 Å². The molecule has 1 aromatic heterocycles. The van der Waals surface area contributed by atoms with E-state index in [1.165, 1.54) is 0 Å². The molecule has 1 aliphatic rings. The molecular formula is C15H25N3O3. The van der Waals surface area contributed by atoms with Gasteiger partial charge in [0.25, 0.3) is 0 Å². The minimum Gasteiger partial charge on any atom is -0.443 e. The SMILES string of the molecule is CO[C@H]1C[C@@H](C(=O)NCc2ncc(C(C)(C)C)o2)N(C)C1. The Morgan fingerprint density at radius 3 is 2.81 bits per heavy atom. The van der Waals surface area contributed by atoms with Crippen molar-refractivity contribution in [3.8, 4) is 0 Å². The minimum atomic E-state index is -0.146. The van der Waals surface area contributed by atoms with Crippen LogP contribution in [0.1, 0.15) is 38.8 Å².